The first-order chi connectivity index (χ1) is 11.4. The molecular weight excluding hydrogens is 280 g/mol. The van der Waals surface area contributed by atoms with Crippen LogP contribution in [0.3, 0.4) is 0 Å². The zero-order valence-electron chi connectivity index (χ0n) is 12.8. The van der Waals surface area contributed by atoms with Crippen molar-refractivity contribution >= 4 is 29.4 Å². The van der Waals surface area contributed by atoms with Crippen LogP contribution >= 0.6 is 0 Å². The molecule has 3 aromatic rings. The van der Waals surface area contributed by atoms with E-state index >= 15 is 0 Å². The molecule has 0 aliphatic rings. The summed E-state index contributed by atoms with van der Waals surface area (Å²) in [4.78, 5) is 4.43. The Balaban J connectivity index is 1.59. The highest BCUT2D eigenvalue weighted by atomic mass is 14.9. The van der Waals surface area contributed by atoms with Gasteiger partial charge >= 0.3 is 0 Å². The van der Waals surface area contributed by atoms with E-state index in [-0.39, 0.29) is 0 Å². The number of nitrogens with zero attached hydrogens (tertiary/aromatic N) is 1. The molecule has 0 radical (unpaired) electrons. The molecule has 0 fully saturated rings. The first kappa shape index (κ1) is 14.8. The molecule has 2 heteroatoms. The number of nitrogens with one attached hydrogen (secondary N) is 1. The molecule has 0 amide bonds. The van der Waals surface area contributed by atoms with Gasteiger partial charge in [0.05, 0.1) is 5.69 Å². The van der Waals surface area contributed by atoms with E-state index in [2.05, 4.69) is 22.4 Å². The minimum Gasteiger partial charge on any atom is -0.356 e. The lowest BCUT2D eigenvalue weighted by Crippen LogP contribution is -1.88. The second-order valence-corrected chi connectivity index (χ2v) is 5.09. The van der Waals surface area contributed by atoms with Crippen LogP contribution in [0.5, 0.6) is 0 Å². The van der Waals surface area contributed by atoms with Gasteiger partial charge in [-0.1, -0.05) is 54.6 Å². The average molecular weight is 298 g/mol. The molecule has 0 aliphatic heterocycles. The van der Waals surface area contributed by atoms with E-state index in [0.717, 1.165) is 17.1 Å². The van der Waals surface area contributed by atoms with Gasteiger partial charge in [-0.05, 0) is 48.0 Å². The topological polar surface area (TPSA) is 24.4 Å². The van der Waals surface area contributed by atoms with Crippen molar-refractivity contribution < 1.29 is 0 Å². The van der Waals surface area contributed by atoms with Crippen LogP contribution < -0.4 is 5.32 Å². The fraction of sp³-hybridized carbons (Fsp3) is 0. The number of allylic oxidation sites excluding steroid dienone is 1. The van der Waals surface area contributed by atoms with Gasteiger partial charge in [-0.15, -0.1) is 0 Å². The van der Waals surface area contributed by atoms with Crippen LogP contribution in [0.25, 0.3) is 6.08 Å². The molecule has 0 saturated heterocycles. The number of aliphatic imine (C=N–C) groups is 1. The maximum Gasteiger partial charge on any atom is 0.0631 e. The Morgan fingerprint density at radius 2 is 1.26 bits per heavy atom. The summed E-state index contributed by atoms with van der Waals surface area (Å²) in [5, 5.41) is 3.35. The number of hydrogen-bond donors (Lipinski definition) is 1. The van der Waals surface area contributed by atoms with E-state index in [1.54, 1.807) is 0 Å². The largest absolute Gasteiger partial charge is 0.356 e. The van der Waals surface area contributed by atoms with Crippen molar-refractivity contribution in [2.24, 2.45) is 4.99 Å². The SMILES string of the molecule is C(/C=C/c1ccccc1)=Nc1ccc(Nc2ccccc2)cc1. The lowest BCUT2D eigenvalue weighted by atomic mass is 10.2. The van der Waals surface area contributed by atoms with Crippen molar-refractivity contribution in [3.8, 4) is 0 Å². The Kier molecular flexibility index (Phi) is 4.99. The minimum atomic E-state index is 0.932. The lowest BCUT2D eigenvalue weighted by Gasteiger charge is -2.05. The van der Waals surface area contributed by atoms with Crippen LogP contribution in [0, 0.1) is 0 Å². The lowest BCUT2D eigenvalue weighted by molar-refractivity contribution is 1.50. The van der Waals surface area contributed by atoms with Crippen molar-refractivity contribution in [1.82, 2.24) is 0 Å². The van der Waals surface area contributed by atoms with Gasteiger partial charge in [0.1, 0.15) is 0 Å². The summed E-state index contributed by atoms with van der Waals surface area (Å²) in [6.45, 7) is 0. The van der Waals surface area contributed by atoms with Gasteiger partial charge in [0.25, 0.3) is 0 Å². The first-order valence-electron chi connectivity index (χ1n) is 7.58. The smallest absolute Gasteiger partial charge is 0.0631 e. The van der Waals surface area contributed by atoms with E-state index in [1.165, 1.54) is 5.56 Å². The van der Waals surface area contributed by atoms with Gasteiger partial charge in [-0.25, -0.2) is 0 Å². The first-order valence-corrected chi connectivity index (χ1v) is 7.58. The highest BCUT2D eigenvalue weighted by Gasteiger charge is 1.93. The molecule has 0 unspecified atom stereocenters. The number of para-hydroxylation sites is 1. The molecule has 3 rings (SSSR count). The number of hydrogen-bond acceptors (Lipinski definition) is 2. The zero-order valence-corrected chi connectivity index (χ0v) is 12.8. The third kappa shape index (κ3) is 4.68. The Labute approximate surface area is 136 Å². The molecule has 0 spiro atoms. The third-order valence-corrected chi connectivity index (χ3v) is 3.33. The Morgan fingerprint density at radius 1 is 0.652 bits per heavy atom. The monoisotopic (exact) mass is 298 g/mol. The molecular formula is C21H18N2. The molecule has 0 atom stereocenters. The maximum absolute atomic E-state index is 4.43. The van der Waals surface area contributed by atoms with Crippen molar-refractivity contribution in [3.63, 3.8) is 0 Å². The van der Waals surface area contributed by atoms with Gasteiger partial charge in [-0.2, -0.15) is 0 Å². The van der Waals surface area contributed by atoms with Crippen molar-refractivity contribution in [1.29, 1.82) is 0 Å². The standard InChI is InChI=1S/C21H18N2/c1-3-8-18(9-4-1)10-7-17-22-19-13-15-21(16-14-19)23-20-11-5-2-6-12-20/h1-17,23H/b10-7+,22-17?. The molecule has 0 heterocycles. The number of anilines is 2. The normalized spacial score (nSPS) is 11.1. The zero-order chi connectivity index (χ0) is 15.7. The molecule has 112 valence electrons. The van der Waals surface area contributed by atoms with Crippen LogP contribution in [0.4, 0.5) is 17.1 Å². The molecule has 0 aliphatic carbocycles. The summed E-state index contributed by atoms with van der Waals surface area (Å²) in [5.41, 5.74) is 4.23. The predicted molar refractivity (Wildman–Crippen MR) is 99.8 cm³/mol. The second-order valence-electron chi connectivity index (χ2n) is 5.09. The van der Waals surface area contributed by atoms with E-state index < -0.39 is 0 Å². The van der Waals surface area contributed by atoms with Gasteiger partial charge in [0.15, 0.2) is 0 Å². The van der Waals surface area contributed by atoms with Crippen LogP contribution in [-0.2, 0) is 0 Å². The summed E-state index contributed by atoms with van der Waals surface area (Å²) in [7, 11) is 0. The number of benzene rings is 3. The maximum atomic E-state index is 4.43. The fourth-order valence-corrected chi connectivity index (χ4v) is 2.17. The quantitative estimate of drug-likeness (QED) is 0.587. The molecule has 0 bridgehead atoms. The molecule has 0 saturated carbocycles. The molecule has 1 N–H and O–H groups in total. The fourth-order valence-electron chi connectivity index (χ4n) is 2.17. The van der Waals surface area contributed by atoms with Crippen LogP contribution in [0.1, 0.15) is 5.56 Å². The highest BCUT2D eigenvalue weighted by Crippen LogP contribution is 2.19. The van der Waals surface area contributed by atoms with Crippen molar-refractivity contribution in [2.75, 3.05) is 5.32 Å². The minimum absolute atomic E-state index is 0.932. The highest BCUT2D eigenvalue weighted by molar-refractivity contribution is 5.80. The second kappa shape index (κ2) is 7.76. The summed E-state index contributed by atoms with van der Waals surface area (Å²) in [6, 6.07) is 28.4. The van der Waals surface area contributed by atoms with E-state index in [1.807, 2.05) is 91.2 Å². The Bertz CT molecular complexity index is 773. The Hall–Kier alpha value is -3.13. The van der Waals surface area contributed by atoms with Gasteiger partial charge in [0, 0.05) is 17.6 Å². The molecule has 3 aromatic carbocycles. The molecule has 0 aromatic heterocycles. The third-order valence-electron chi connectivity index (χ3n) is 3.33. The van der Waals surface area contributed by atoms with E-state index in [4.69, 9.17) is 0 Å². The predicted octanol–water partition coefficient (Wildman–Crippen LogP) is 5.85. The summed E-state index contributed by atoms with van der Waals surface area (Å²) in [6.07, 6.45) is 5.80. The van der Waals surface area contributed by atoms with Crippen LogP contribution in [-0.4, -0.2) is 6.21 Å². The Morgan fingerprint density at radius 3 is 1.96 bits per heavy atom. The summed E-state index contributed by atoms with van der Waals surface area (Å²) >= 11 is 0. The number of rotatable bonds is 5. The molecule has 23 heavy (non-hydrogen) atoms. The summed E-state index contributed by atoms with van der Waals surface area (Å²) < 4.78 is 0. The average Bonchev–Trinajstić information content (AvgIpc) is 2.62. The van der Waals surface area contributed by atoms with E-state index in [0.29, 0.717) is 0 Å². The van der Waals surface area contributed by atoms with Gasteiger partial charge in [-0.3, -0.25) is 4.99 Å². The van der Waals surface area contributed by atoms with Crippen LogP contribution in [0.15, 0.2) is 96.0 Å². The van der Waals surface area contributed by atoms with Gasteiger partial charge < -0.3 is 5.32 Å². The van der Waals surface area contributed by atoms with Crippen LogP contribution in [0.2, 0.25) is 0 Å². The summed E-state index contributed by atoms with van der Waals surface area (Å²) in [5.74, 6) is 0. The molecule has 2 nitrogen and oxygen atoms in total. The van der Waals surface area contributed by atoms with Crippen molar-refractivity contribution in [2.45, 2.75) is 0 Å². The van der Waals surface area contributed by atoms with Gasteiger partial charge in [0.2, 0.25) is 0 Å². The van der Waals surface area contributed by atoms with Crippen molar-refractivity contribution in [3.05, 3.63) is 96.6 Å². The van der Waals surface area contributed by atoms with E-state index in [9.17, 15) is 0 Å².